The normalized spacial score (nSPS) is 12.9. The monoisotopic (exact) mass is 412 g/mol. The summed E-state index contributed by atoms with van der Waals surface area (Å²) in [6, 6.07) is 23.0. The van der Waals surface area contributed by atoms with Gasteiger partial charge in [-0.3, -0.25) is 24.2 Å². The number of methoxy groups -OCH3 is 1. The molecule has 0 saturated carbocycles. The van der Waals surface area contributed by atoms with E-state index < -0.39 is 11.8 Å². The van der Waals surface area contributed by atoms with Gasteiger partial charge in [0.1, 0.15) is 12.4 Å². The SMILES string of the molecule is COc1ccccc1N(CN1C(=O)c2ccccc2C1=O)C(=O)/C=C/c1ccccc1. The first-order valence-electron chi connectivity index (χ1n) is 9.73. The molecule has 3 aromatic rings. The number of para-hydroxylation sites is 2. The van der Waals surface area contributed by atoms with Crippen molar-refractivity contribution in [3.63, 3.8) is 0 Å². The molecule has 6 heteroatoms. The van der Waals surface area contributed by atoms with Crippen molar-refractivity contribution in [1.29, 1.82) is 0 Å². The third-order valence-electron chi connectivity index (χ3n) is 5.02. The van der Waals surface area contributed by atoms with Crippen molar-refractivity contribution in [2.24, 2.45) is 0 Å². The fourth-order valence-corrected chi connectivity index (χ4v) is 3.45. The van der Waals surface area contributed by atoms with E-state index in [1.54, 1.807) is 54.6 Å². The summed E-state index contributed by atoms with van der Waals surface area (Å²) in [5.41, 5.74) is 1.99. The first-order chi connectivity index (χ1) is 15.1. The number of carbonyl (C=O) groups excluding carboxylic acids is 3. The second-order valence-corrected chi connectivity index (χ2v) is 6.91. The fourth-order valence-electron chi connectivity index (χ4n) is 3.45. The van der Waals surface area contributed by atoms with E-state index >= 15 is 0 Å². The van der Waals surface area contributed by atoms with Crippen molar-refractivity contribution in [2.45, 2.75) is 0 Å². The van der Waals surface area contributed by atoms with Gasteiger partial charge < -0.3 is 4.74 Å². The van der Waals surface area contributed by atoms with Gasteiger partial charge in [0, 0.05) is 6.08 Å². The van der Waals surface area contributed by atoms with Crippen molar-refractivity contribution in [3.05, 3.63) is 102 Å². The quantitative estimate of drug-likeness (QED) is 0.454. The third-order valence-corrected chi connectivity index (χ3v) is 5.02. The first kappa shape index (κ1) is 20.1. The van der Waals surface area contributed by atoms with Gasteiger partial charge in [0.2, 0.25) is 0 Å². The van der Waals surface area contributed by atoms with Crippen molar-refractivity contribution in [3.8, 4) is 5.75 Å². The predicted molar refractivity (Wildman–Crippen MR) is 118 cm³/mol. The summed E-state index contributed by atoms with van der Waals surface area (Å²) in [5.74, 6) is -0.786. The van der Waals surface area contributed by atoms with Crippen LogP contribution in [0.1, 0.15) is 26.3 Å². The summed E-state index contributed by atoms with van der Waals surface area (Å²) in [7, 11) is 1.50. The molecule has 0 unspecified atom stereocenters. The summed E-state index contributed by atoms with van der Waals surface area (Å²) in [6.45, 7) is -0.231. The van der Waals surface area contributed by atoms with Gasteiger partial charge in [-0.2, -0.15) is 0 Å². The number of nitrogens with zero attached hydrogens (tertiary/aromatic N) is 2. The number of anilines is 1. The molecule has 0 aromatic heterocycles. The maximum absolute atomic E-state index is 13.2. The Bertz CT molecular complexity index is 1140. The van der Waals surface area contributed by atoms with Crippen molar-refractivity contribution < 1.29 is 19.1 Å². The van der Waals surface area contributed by atoms with E-state index in [-0.39, 0.29) is 12.6 Å². The van der Waals surface area contributed by atoms with Crippen LogP contribution < -0.4 is 9.64 Å². The zero-order chi connectivity index (χ0) is 21.8. The van der Waals surface area contributed by atoms with E-state index in [9.17, 15) is 14.4 Å². The van der Waals surface area contributed by atoms with Crippen LogP contribution in [0.15, 0.2) is 84.9 Å². The van der Waals surface area contributed by atoms with Crippen LogP contribution in [0, 0.1) is 0 Å². The second kappa shape index (κ2) is 8.67. The smallest absolute Gasteiger partial charge is 0.263 e. The van der Waals surface area contributed by atoms with Crippen LogP contribution >= 0.6 is 0 Å². The summed E-state index contributed by atoms with van der Waals surface area (Å²) >= 11 is 0. The Morgan fingerprint density at radius 3 is 2.10 bits per heavy atom. The molecule has 0 saturated heterocycles. The summed E-state index contributed by atoms with van der Waals surface area (Å²) in [4.78, 5) is 41.3. The molecule has 1 aliphatic heterocycles. The van der Waals surface area contributed by atoms with E-state index in [4.69, 9.17) is 4.74 Å². The molecule has 3 aromatic carbocycles. The molecule has 4 rings (SSSR count). The molecule has 0 spiro atoms. The topological polar surface area (TPSA) is 66.9 Å². The fraction of sp³-hybridized carbons (Fsp3) is 0.0800. The molecular formula is C25H20N2O4. The Balaban J connectivity index is 1.68. The average molecular weight is 412 g/mol. The lowest BCUT2D eigenvalue weighted by Gasteiger charge is -2.27. The highest BCUT2D eigenvalue weighted by Crippen LogP contribution is 2.30. The van der Waals surface area contributed by atoms with Crippen LogP contribution in [0.3, 0.4) is 0 Å². The van der Waals surface area contributed by atoms with Crippen LogP contribution in [0.5, 0.6) is 5.75 Å². The molecule has 6 nitrogen and oxygen atoms in total. The Labute approximate surface area is 180 Å². The molecule has 3 amide bonds. The number of carbonyl (C=O) groups is 3. The van der Waals surface area contributed by atoms with E-state index in [0.29, 0.717) is 22.6 Å². The Morgan fingerprint density at radius 2 is 1.45 bits per heavy atom. The standard InChI is InChI=1S/C25H20N2O4/c1-31-22-14-8-7-13-21(22)26(23(28)16-15-18-9-3-2-4-10-18)17-27-24(29)19-11-5-6-12-20(19)25(27)30/h2-16H,17H2,1H3/b16-15+. The van der Waals surface area contributed by atoms with Gasteiger partial charge in [0.15, 0.2) is 0 Å². The van der Waals surface area contributed by atoms with Gasteiger partial charge in [0.25, 0.3) is 17.7 Å². The van der Waals surface area contributed by atoms with Crippen LogP contribution in [0.2, 0.25) is 0 Å². The summed E-state index contributed by atoms with van der Waals surface area (Å²) in [6.07, 6.45) is 3.10. The molecule has 0 atom stereocenters. The molecular weight excluding hydrogens is 392 g/mol. The number of imide groups is 1. The number of hydrogen-bond donors (Lipinski definition) is 0. The Hall–Kier alpha value is -4.19. The zero-order valence-corrected chi connectivity index (χ0v) is 16.9. The number of hydrogen-bond acceptors (Lipinski definition) is 4. The largest absolute Gasteiger partial charge is 0.495 e. The van der Waals surface area contributed by atoms with Gasteiger partial charge in [-0.15, -0.1) is 0 Å². The molecule has 154 valence electrons. The van der Waals surface area contributed by atoms with Gasteiger partial charge in [0.05, 0.1) is 23.9 Å². The molecule has 1 aliphatic rings. The van der Waals surface area contributed by atoms with Gasteiger partial charge in [-0.25, -0.2) is 0 Å². The molecule has 0 N–H and O–H groups in total. The molecule has 0 aliphatic carbocycles. The first-order valence-corrected chi connectivity index (χ1v) is 9.73. The maximum atomic E-state index is 13.2. The van der Waals surface area contributed by atoms with E-state index in [1.807, 2.05) is 30.3 Å². The van der Waals surface area contributed by atoms with Crippen LogP contribution in [0.25, 0.3) is 6.08 Å². The minimum atomic E-state index is -0.430. The summed E-state index contributed by atoms with van der Waals surface area (Å²) < 4.78 is 5.41. The number of fused-ring (bicyclic) bond motifs is 1. The minimum Gasteiger partial charge on any atom is -0.495 e. The lowest BCUT2D eigenvalue weighted by atomic mass is 10.1. The predicted octanol–water partition coefficient (Wildman–Crippen LogP) is 4.00. The molecule has 31 heavy (non-hydrogen) atoms. The summed E-state index contributed by atoms with van der Waals surface area (Å²) in [5, 5.41) is 0. The average Bonchev–Trinajstić information content (AvgIpc) is 3.06. The zero-order valence-electron chi connectivity index (χ0n) is 16.9. The molecule has 0 radical (unpaired) electrons. The minimum absolute atomic E-state index is 0.231. The molecule has 0 bridgehead atoms. The number of benzene rings is 3. The Kier molecular flexibility index (Phi) is 5.62. The van der Waals surface area contributed by atoms with Crippen molar-refractivity contribution in [1.82, 2.24) is 4.90 Å². The highest BCUT2D eigenvalue weighted by molar-refractivity contribution is 6.21. The van der Waals surface area contributed by atoms with Gasteiger partial charge in [-0.05, 0) is 35.9 Å². The second-order valence-electron chi connectivity index (χ2n) is 6.91. The lowest BCUT2D eigenvalue weighted by Crippen LogP contribution is -2.44. The molecule has 0 fully saturated rings. The third kappa shape index (κ3) is 3.96. The van der Waals surface area contributed by atoms with E-state index in [2.05, 4.69) is 0 Å². The van der Waals surface area contributed by atoms with Crippen LogP contribution in [-0.2, 0) is 4.79 Å². The number of rotatable bonds is 6. The highest BCUT2D eigenvalue weighted by atomic mass is 16.5. The van der Waals surface area contributed by atoms with Crippen molar-refractivity contribution in [2.75, 3.05) is 18.7 Å². The number of ether oxygens (including phenoxy) is 1. The maximum Gasteiger partial charge on any atom is 0.263 e. The van der Waals surface area contributed by atoms with Gasteiger partial charge >= 0.3 is 0 Å². The highest BCUT2D eigenvalue weighted by Gasteiger charge is 2.37. The van der Waals surface area contributed by atoms with Crippen LogP contribution in [0.4, 0.5) is 5.69 Å². The lowest BCUT2D eigenvalue weighted by molar-refractivity contribution is -0.114. The van der Waals surface area contributed by atoms with E-state index in [1.165, 1.54) is 18.1 Å². The number of amides is 3. The van der Waals surface area contributed by atoms with E-state index in [0.717, 1.165) is 10.5 Å². The molecule has 1 heterocycles. The van der Waals surface area contributed by atoms with Gasteiger partial charge in [-0.1, -0.05) is 54.6 Å². The van der Waals surface area contributed by atoms with Crippen molar-refractivity contribution >= 4 is 29.5 Å². The van der Waals surface area contributed by atoms with Crippen LogP contribution in [-0.4, -0.2) is 36.4 Å². The Morgan fingerprint density at radius 1 is 0.871 bits per heavy atom.